The maximum atomic E-state index is 4.63. The quantitative estimate of drug-likeness (QED) is 0.764. The number of aromatic nitrogens is 4. The van der Waals surface area contributed by atoms with Crippen molar-refractivity contribution in [2.75, 3.05) is 23.3 Å². The van der Waals surface area contributed by atoms with E-state index in [1.54, 1.807) is 12.5 Å². The van der Waals surface area contributed by atoms with Crippen molar-refractivity contribution in [1.82, 2.24) is 19.9 Å². The van der Waals surface area contributed by atoms with E-state index in [4.69, 9.17) is 0 Å². The summed E-state index contributed by atoms with van der Waals surface area (Å²) in [6.07, 6.45) is 8.33. The van der Waals surface area contributed by atoms with Gasteiger partial charge >= 0.3 is 0 Å². The van der Waals surface area contributed by atoms with E-state index in [1.165, 1.54) is 22.4 Å². The first-order chi connectivity index (χ1) is 12.8. The van der Waals surface area contributed by atoms with Gasteiger partial charge in [0.15, 0.2) is 0 Å². The van der Waals surface area contributed by atoms with Crippen molar-refractivity contribution in [3.8, 4) is 0 Å². The third-order valence-corrected chi connectivity index (χ3v) is 4.57. The molecule has 2 aromatic heterocycles. The van der Waals surface area contributed by atoms with Gasteiger partial charge in [-0.25, -0.2) is 9.97 Å². The number of rotatable bonds is 5. The van der Waals surface area contributed by atoms with Crippen LogP contribution in [-0.4, -0.2) is 33.0 Å². The Bertz CT molecular complexity index is 880. The number of hydrogen-bond donors (Lipinski definition) is 1. The van der Waals surface area contributed by atoms with E-state index < -0.39 is 0 Å². The summed E-state index contributed by atoms with van der Waals surface area (Å²) < 4.78 is 0. The largest absolute Gasteiger partial charge is 0.354 e. The number of fused-ring (bicyclic) bond motifs is 1. The number of aryl methyl sites for hydroxylation is 2. The molecule has 6 nitrogen and oxygen atoms in total. The minimum Gasteiger partial charge on any atom is -0.354 e. The zero-order chi connectivity index (χ0) is 17.8. The van der Waals surface area contributed by atoms with E-state index in [1.807, 2.05) is 12.3 Å². The molecule has 132 valence electrons. The minimum atomic E-state index is 0.609. The zero-order valence-corrected chi connectivity index (χ0v) is 14.9. The second-order valence-electron chi connectivity index (χ2n) is 6.53. The minimum absolute atomic E-state index is 0.609. The van der Waals surface area contributed by atoms with Crippen molar-refractivity contribution in [2.24, 2.45) is 0 Å². The number of hydrogen-bond acceptors (Lipinski definition) is 6. The molecule has 1 aliphatic heterocycles. The van der Waals surface area contributed by atoms with Gasteiger partial charge in [0.1, 0.15) is 6.33 Å². The Morgan fingerprint density at radius 3 is 3.04 bits per heavy atom. The normalized spacial score (nSPS) is 13.3. The second-order valence-corrected chi connectivity index (χ2v) is 6.53. The van der Waals surface area contributed by atoms with Crippen LogP contribution in [0.4, 0.5) is 17.6 Å². The number of benzene rings is 1. The van der Waals surface area contributed by atoms with Crippen molar-refractivity contribution >= 4 is 17.6 Å². The van der Waals surface area contributed by atoms with Gasteiger partial charge in [0, 0.05) is 31.2 Å². The van der Waals surface area contributed by atoms with E-state index in [-0.39, 0.29) is 0 Å². The Morgan fingerprint density at radius 2 is 2.15 bits per heavy atom. The van der Waals surface area contributed by atoms with Crippen molar-refractivity contribution in [3.05, 3.63) is 65.7 Å². The van der Waals surface area contributed by atoms with Gasteiger partial charge in [0.05, 0.1) is 0 Å². The van der Waals surface area contributed by atoms with Gasteiger partial charge in [-0.2, -0.15) is 4.98 Å². The molecule has 0 fully saturated rings. The smallest absolute Gasteiger partial charge is 0.234 e. The Kier molecular flexibility index (Phi) is 4.73. The first-order valence-corrected chi connectivity index (χ1v) is 8.98. The molecule has 0 radical (unpaired) electrons. The number of nitrogens with one attached hydrogen (secondary N) is 1. The van der Waals surface area contributed by atoms with Crippen LogP contribution in [-0.2, 0) is 12.8 Å². The lowest BCUT2D eigenvalue weighted by molar-refractivity contribution is 0.746. The summed E-state index contributed by atoms with van der Waals surface area (Å²) in [7, 11) is 0. The molecule has 1 aliphatic rings. The van der Waals surface area contributed by atoms with Crippen LogP contribution in [0.25, 0.3) is 0 Å². The highest BCUT2D eigenvalue weighted by atomic mass is 15.3. The van der Waals surface area contributed by atoms with Crippen molar-refractivity contribution in [3.63, 3.8) is 0 Å². The van der Waals surface area contributed by atoms with Crippen molar-refractivity contribution in [2.45, 2.75) is 26.2 Å². The van der Waals surface area contributed by atoms with Crippen LogP contribution in [0, 0.1) is 6.92 Å². The Labute approximate surface area is 153 Å². The highest BCUT2D eigenvalue weighted by molar-refractivity contribution is 5.64. The molecule has 26 heavy (non-hydrogen) atoms. The molecular weight excluding hydrogens is 324 g/mol. The van der Waals surface area contributed by atoms with E-state index in [2.05, 4.69) is 61.3 Å². The molecule has 1 aromatic carbocycles. The van der Waals surface area contributed by atoms with Gasteiger partial charge in [-0.3, -0.25) is 4.98 Å². The summed E-state index contributed by atoms with van der Waals surface area (Å²) in [4.78, 5) is 19.6. The monoisotopic (exact) mass is 346 g/mol. The average molecular weight is 346 g/mol. The third-order valence-electron chi connectivity index (χ3n) is 4.57. The number of anilines is 3. The van der Waals surface area contributed by atoms with E-state index in [0.29, 0.717) is 11.9 Å². The topological polar surface area (TPSA) is 66.8 Å². The van der Waals surface area contributed by atoms with Crippen LogP contribution < -0.4 is 10.2 Å². The Morgan fingerprint density at radius 1 is 1.19 bits per heavy atom. The maximum absolute atomic E-state index is 4.63. The molecule has 0 atom stereocenters. The van der Waals surface area contributed by atoms with Gasteiger partial charge in [0.2, 0.25) is 11.9 Å². The van der Waals surface area contributed by atoms with Crippen LogP contribution >= 0.6 is 0 Å². The summed E-state index contributed by atoms with van der Waals surface area (Å²) in [5, 5.41) is 3.29. The molecule has 3 aromatic rings. The molecule has 6 heteroatoms. The highest BCUT2D eigenvalue weighted by Gasteiger charge is 2.20. The first-order valence-electron chi connectivity index (χ1n) is 8.98. The standard InChI is InChI=1S/C20H22N6/c1-15-6-7-18-17(12-15)5-3-11-26(18)20-24-14-23-19(25-20)22-10-8-16-4-2-9-21-13-16/h2,4,6-7,9,12-14H,3,5,8,10-11H2,1H3,(H,22,23,24,25). The van der Waals surface area contributed by atoms with E-state index >= 15 is 0 Å². The van der Waals surface area contributed by atoms with Crippen LogP contribution in [0.2, 0.25) is 0 Å². The van der Waals surface area contributed by atoms with Crippen LogP contribution in [0.15, 0.2) is 49.1 Å². The van der Waals surface area contributed by atoms with Crippen molar-refractivity contribution < 1.29 is 0 Å². The SMILES string of the molecule is Cc1ccc2c(c1)CCCN2c1ncnc(NCCc2cccnc2)n1. The predicted octanol–water partition coefficient (Wildman–Crippen LogP) is 3.31. The third kappa shape index (κ3) is 3.64. The number of nitrogens with zero attached hydrogens (tertiary/aromatic N) is 5. The Hall–Kier alpha value is -3.02. The molecule has 0 amide bonds. The maximum Gasteiger partial charge on any atom is 0.234 e. The summed E-state index contributed by atoms with van der Waals surface area (Å²) in [6.45, 7) is 3.81. The fourth-order valence-electron chi connectivity index (χ4n) is 3.30. The van der Waals surface area contributed by atoms with Crippen LogP contribution in [0.3, 0.4) is 0 Å². The van der Waals surface area contributed by atoms with Crippen molar-refractivity contribution in [1.29, 1.82) is 0 Å². The molecule has 1 N–H and O–H groups in total. The molecule has 0 unspecified atom stereocenters. The lowest BCUT2D eigenvalue weighted by atomic mass is 10.00. The zero-order valence-electron chi connectivity index (χ0n) is 14.9. The second kappa shape index (κ2) is 7.47. The molecule has 0 saturated carbocycles. The summed E-state index contributed by atoms with van der Waals surface area (Å²) in [5.74, 6) is 1.31. The molecule has 0 saturated heterocycles. The molecule has 3 heterocycles. The lowest BCUT2D eigenvalue weighted by Gasteiger charge is -2.29. The summed E-state index contributed by atoms with van der Waals surface area (Å²) >= 11 is 0. The van der Waals surface area contributed by atoms with Crippen LogP contribution in [0.5, 0.6) is 0 Å². The van der Waals surface area contributed by atoms with Gasteiger partial charge < -0.3 is 10.2 Å². The fourth-order valence-corrected chi connectivity index (χ4v) is 3.30. The van der Waals surface area contributed by atoms with Crippen LogP contribution in [0.1, 0.15) is 23.1 Å². The van der Waals surface area contributed by atoms with Gasteiger partial charge in [-0.15, -0.1) is 0 Å². The highest BCUT2D eigenvalue weighted by Crippen LogP contribution is 2.32. The number of pyridine rings is 1. The van der Waals surface area contributed by atoms with E-state index in [9.17, 15) is 0 Å². The predicted molar refractivity (Wildman–Crippen MR) is 103 cm³/mol. The lowest BCUT2D eigenvalue weighted by Crippen LogP contribution is -2.26. The fraction of sp³-hybridized carbons (Fsp3) is 0.300. The molecule has 4 rings (SSSR count). The Balaban J connectivity index is 1.48. The molecular formula is C20H22N6. The van der Waals surface area contributed by atoms with Gasteiger partial charge in [-0.05, 0) is 49.4 Å². The van der Waals surface area contributed by atoms with E-state index in [0.717, 1.165) is 32.4 Å². The first kappa shape index (κ1) is 16.4. The summed E-state index contributed by atoms with van der Waals surface area (Å²) in [5.41, 5.74) is 5.05. The average Bonchev–Trinajstić information content (AvgIpc) is 2.68. The molecule has 0 bridgehead atoms. The van der Waals surface area contributed by atoms with Gasteiger partial charge in [-0.1, -0.05) is 23.8 Å². The molecule has 0 spiro atoms. The molecule has 0 aliphatic carbocycles. The van der Waals surface area contributed by atoms with Gasteiger partial charge in [0.25, 0.3) is 0 Å². The summed E-state index contributed by atoms with van der Waals surface area (Å²) in [6, 6.07) is 10.6.